The van der Waals surface area contributed by atoms with E-state index in [1.807, 2.05) is 0 Å². The number of anilines is 2. The molecule has 1 aromatic carbocycles. The van der Waals surface area contributed by atoms with Crippen molar-refractivity contribution in [3.8, 4) is 0 Å². The van der Waals surface area contributed by atoms with Gasteiger partial charge in [0.15, 0.2) is 0 Å². The topological polar surface area (TPSA) is 86.0 Å². The van der Waals surface area contributed by atoms with Gasteiger partial charge >= 0.3 is 0 Å². The summed E-state index contributed by atoms with van der Waals surface area (Å²) in [5.41, 5.74) is 0.612. The van der Waals surface area contributed by atoms with Crippen LogP contribution in [-0.4, -0.2) is 58.3 Å². The van der Waals surface area contributed by atoms with Gasteiger partial charge in [0.2, 0.25) is 11.6 Å². The number of hydrogen-bond acceptors (Lipinski definition) is 6. The molecular formula is C27H31FN6O2. The van der Waals surface area contributed by atoms with Crippen LogP contribution >= 0.6 is 0 Å². The molecule has 8 nitrogen and oxygen atoms in total. The predicted molar refractivity (Wildman–Crippen MR) is 133 cm³/mol. The second kappa shape index (κ2) is 8.70. The summed E-state index contributed by atoms with van der Waals surface area (Å²) in [5.74, 6) is 1.11. The van der Waals surface area contributed by atoms with Crippen molar-refractivity contribution >= 4 is 23.2 Å². The number of aliphatic hydroxyl groups is 1. The molecule has 1 saturated heterocycles. The minimum atomic E-state index is -0.525. The van der Waals surface area contributed by atoms with E-state index in [4.69, 9.17) is 6.57 Å². The molecule has 4 saturated carbocycles. The maximum Gasteiger partial charge on any atom is 0.270 e. The molecule has 4 aliphatic carbocycles. The van der Waals surface area contributed by atoms with Crippen LogP contribution in [0, 0.1) is 30.1 Å². The highest BCUT2D eigenvalue weighted by Gasteiger charge is 2.55. The molecule has 2 unspecified atom stereocenters. The first-order valence-electron chi connectivity index (χ1n) is 12.9. The van der Waals surface area contributed by atoms with Crippen molar-refractivity contribution in [2.45, 2.75) is 56.7 Å². The Balaban J connectivity index is 1.13. The zero-order chi connectivity index (χ0) is 25.0. The van der Waals surface area contributed by atoms with Gasteiger partial charge in [0.25, 0.3) is 5.91 Å². The number of aromatic nitrogens is 2. The molecule has 7 rings (SSSR count). The van der Waals surface area contributed by atoms with Crippen LogP contribution in [-0.2, 0) is 0 Å². The SMILES string of the molecule is [C-]#[N+]c1ccc(N2CCN(c3nccc(C(=O)NC4C5CC6CC4CC(O)(C6)C5)n3)[C@H](C)C2)cc1F. The Morgan fingerprint density at radius 1 is 1.22 bits per heavy atom. The monoisotopic (exact) mass is 490 g/mol. The van der Waals surface area contributed by atoms with E-state index in [-0.39, 0.29) is 23.7 Å². The molecule has 1 amide bonds. The normalized spacial score (nSPS) is 32.9. The van der Waals surface area contributed by atoms with Crippen LogP contribution in [0.3, 0.4) is 0 Å². The molecule has 1 aliphatic heterocycles. The van der Waals surface area contributed by atoms with Crippen molar-refractivity contribution in [2.75, 3.05) is 29.4 Å². The third-order valence-electron chi connectivity index (χ3n) is 8.72. The molecule has 0 radical (unpaired) electrons. The third kappa shape index (κ3) is 4.07. The molecule has 5 fully saturated rings. The van der Waals surface area contributed by atoms with Gasteiger partial charge in [-0.25, -0.2) is 19.2 Å². The van der Waals surface area contributed by atoms with Gasteiger partial charge in [-0.1, -0.05) is 6.07 Å². The Bertz CT molecular complexity index is 1210. The van der Waals surface area contributed by atoms with Crippen molar-refractivity contribution in [1.29, 1.82) is 0 Å². The fourth-order valence-corrected chi connectivity index (χ4v) is 7.33. The average molecular weight is 491 g/mol. The van der Waals surface area contributed by atoms with Gasteiger partial charge in [0, 0.05) is 43.6 Å². The lowest BCUT2D eigenvalue weighted by atomic mass is 9.52. The number of nitrogens with zero attached hydrogens (tertiary/aromatic N) is 5. The fraction of sp³-hybridized carbons (Fsp3) is 0.556. The highest BCUT2D eigenvalue weighted by Crippen LogP contribution is 2.55. The molecule has 2 N–H and O–H groups in total. The summed E-state index contributed by atoms with van der Waals surface area (Å²) >= 11 is 0. The quantitative estimate of drug-likeness (QED) is 0.638. The van der Waals surface area contributed by atoms with E-state index in [2.05, 4.69) is 36.9 Å². The van der Waals surface area contributed by atoms with E-state index in [9.17, 15) is 14.3 Å². The van der Waals surface area contributed by atoms with Crippen LogP contribution in [0.15, 0.2) is 30.5 Å². The minimum Gasteiger partial charge on any atom is -0.390 e. The average Bonchev–Trinajstić information content (AvgIpc) is 2.85. The molecular weight excluding hydrogens is 459 g/mol. The molecule has 1 aromatic heterocycles. The molecule has 188 valence electrons. The van der Waals surface area contributed by atoms with E-state index in [0.29, 0.717) is 49.0 Å². The highest BCUT2D eigenvalue weighted by molar-refractivity contribution is 5.92. The number of piperazine rings is 1. The lowest BCUT2D eigenvalue weighted by Gasteiger charge is -2.58. The Kier molecular flexibility index (Phi) is 5.60. The fourth-order valence-electron chi connectivity index (χ4n) is 7.33. The summed E-state index contributed by atoms with van der Waals surface area (Å²) in [4.78, 5) is 29.6. The Hall–Kier alpha value is -3.25. The van der Waals surface area contributed by atoms with Crippen molar-refractivity contribution in [3.05, 3.63) is 53.4 Å². The smallest absolute Gasteiger partial charge is 0.270 e. The number of rotatable bonds is 4. The zero-order valence-corrected chi connectivity index (χ0v) is 20.4. The Morgan fingerprint density at radius 3 is 2.67 bits per heavy atom. The van der Waals surface area contributed by atoms with Gasteiger partial charge < -0.3 is 20.2 Å². The molecule has 5 aliphatic rings. The van der Waals surface area contributed by atoms with Crippen LogP contribution < -0.4 is 15.1 Å². The second-order valence-corrected chi connectivity index (χ2v) is 11.2. The first kappa shape index (κ1) is 23.2. The summed E-state index contributed by atoms with van der Waals surface area (Å²) < 4.78 is 14.1. The number of amides is 1. The van der Waals surface area contributed by atoms with Gasteiger partial charge in [-0.3, -0.25) is 4.79 Å². The minimum absolute atomic E-state index is 0.0263. The van der Waals surface area contributed by atoms with Gasteiger partial charge in [-0.05, 0) is 75.0 Å². The summed E-state index contributed by atoms with van der Waals surface area (Å²) in [6, 6.07) is 6.52. The van der Waals surface area contributed by atoms with E-state index in [0.717, 1.165) is 37.8 Å². The standard InChI is InChI=1S/C27H31FN6O2/c1-16-15-33(20-3-4-22(29-2)21(28)11-20)7-8-34(16)26-30-6-5-23(31-26)25(35)32-24-18-9-17-10-19(24)14-27(36,12-17)13-18/h3-6,11,16-19,24,36H,7-10,12-15H2,1H3,(H,32,35)/t16-,17?,18?,19?,24?,27?/m1/s1. The van der Waals surface area contributed by atoms with Gasteiger partial charge in [-0.2, -0.15) is 0 Å². The number of benzene rings is 1. The van der Waals surface area contributed by atoms with Gasteiger partial charge in [0.1, 0.15) is 11.5 Å². The molecule has 3 atom stereocenters. The van der Waals surface area contributed by atoms with Crippen LogP contribution in [0.25, 0.3) is 4.85 Å². The Labute approximate surface area is 210 Å². The molecule has 0 spiro atoms. The van der Waals surface area contributed by atoms with Gasteiger partial charge in [-0.15, -0.1) is 0 Å². The van der Waals surface area contributed by atoms with E-state index in [1.54, 1.807) is 18.3 Å². The molecule has 2 aromatic rings. The highest BCUT2D eigenvalue weighted by atomic mass is 19.1. The van der Waals surface area contributed by atoms with Crippen LogP contribution in [0.4, 0.5) is 21.7 Å². The van der Waals surface area contributed by atoms with Crippen LogP contribution in [0.5, 0.6) is 0 Å². The summed E-state index contributed by atoms with van der Waals surface area (Å²) in [6.07, 6.45) is 6.30. The molecule has 2 heterocycles. The largest absolute Gasteiger partial charge is 0.390 e. The Morgan fingerprint density at radius 2 is 2.00 bits per heavy atom. The van der Waals surface area contributed by atoms with Crippen molar-refractivity contribution in [1.82, 2.24) is 15.3 Å². The lowest BCUT2D eigenvalue weighted by molar-refractivity contribution is -0.136. The first-order valence-corrected chi connectivity index (χ1v) is 12.9. The summed E-state index contributed by atoms with van der Waals surface area (Å²) in [5, 5.41) is 14.1. The molecule has 36 heavy (non-hydrogen) atoms. The lowest BCUT2D eigenvalue weighted by Crippen LogP contribution is -2.61. The zero-order valence-electron chi connectivity index (χ0n) is 20.4. The summed E-state index contributed by atoms with van der Waals surface area (Å²) in [7, 11) is 0. The van der Waals surface area contributed by atoms with E-state index >= 15 is 0 Å². The summed E-state index contributed by atoms with van der Waals surface area (Å²) in [6.45, 7) is 11.0. The van der Waals surface area contributed by atoms with Crippen molar-refractivity contribution in [3.63, 3.8) is 0 Å². The van der Waals surface area contributed by atoms with Crippen molar-refractivity contribution in [2.24, 2.45) is 17.8 Å². The van der Waals surface area contributed by atoms with Crippen molar-refractivity contribution < 1.29 is 14.3 Å². The van der Waals surface area contributed by atoms with Crippen LogP contribution in [0.1, 0.15) is 49.5 Å². The number of carbonyl (C=O) groups is 1. The number of nitrogens with one attached hydrogen (secondary N) is 1. The number of hydrogen-bond donors (Lipinski definition) is 2. The predicted octanol–water partition coefficient (Wildman–Crippen LogP) is 3.55. The van der Waals surface area contributed by atoms with Crippen LogP contribution in [0.2, 0.25) is 0 Å². The second-order valence-electron chi connectivity index (χ2n) is 11.2. The first-order chi connectivity index (χ1) is 17.3. The van der Waals surface area contributed by atoms with E-state index < -0.39 is 11.4 Å². The van der Waals surface area contributed by atoms with Gasteiger partial charge in [0.05, 0.1) is 12.2 Å². The number of carbonyl (C=O) groups excluding carboxylic acids is 1. The molecule has 9 heteroatoms. The maximum absolute atomic E-state index is 14.1. The van der Waals surface area contributed by atoms with E-state index in [1.165, 1.54) is 12.1 Å². The maximum atomic E-state index is 14.1. The third-order valence-corrected chi connectivity index (χ3v) is 8.72. The number of halogens is 1. The molecule has 4 bridgehead atoms.